The standard InChI is InChI=1S/C10H15ClIN3/c1-7(2)3-8(4-11)15-10-9(12)5-13-6-14-10/h5-8H,3-4H2,1-2H3,(H,13,14,15). The van der Waals surface area contributed by atoms with Crippen LogP contribution in [0.1, 0.15) is 20.3 Å². The molecule has 0 amide bonds. The molecule has 0 radical (unpaired) electrons. The molecule has 1 aromatic heterocycles. The lowest BCUT2D eigenvalue weighted by molar-refractivity contribution is 0.541. The summed E-state index contributed by atoms with van der Waals surface area (Å²) in [6.45, 7) is 4.37. The molecule has 0 saturated heterocycles. The maximum absolute atomic E-state index is 5.91. The van der Waals surface area contributed by atoms with Gasteiger partial charge in [0.25, 0.3) is 0 Å². The van der Waals surface area contributed by atoms with Crippen molar-refractivity contribution in [1.82, 2.24) is 9.97 Å². The van der Waals surface area contributed by atoms with Crippen molar-refractivity contribution in [3.8, 4) is 0 Å². The fraction of sp³-hybridized carbons (Fsp3) is 0.600. The van der Waals surface area contributed by atoms with E-state index in [1.54, 1.807) is 12.5 Å². The highest BCUT2D eigenvalue weighted by Crippen LogP contribution is 2.16. The zero-order valence-corrected chi connectivity index (χ0v) is 11.8. The molecule has 0 saturated carbocycles. The van der Waals surface area contributed by atoms with E-state index in [1.165, 1.54) is 0 Å². The Balaban J connectivity index is 2.62. The molecule has 1 aromatic rings. The van der Waals surface area contributed by atoms with E-state index >= 15 is 0 Å². The van der Waals surface area contributed by atoms with Gasteiger partial charge < -0.3 is 5.32 Å². The number of hydrogen-bond acceptors (Lipinski definition) is 3. The van der Waals surface area contributed by atoms with E-state index in [0.29, 0.717) is 11.8 Å². The zero-order chi connectivity index (χ0) is 11.3. The predicted molar refractivity (Wildman–Crippen MR) is 72.3 cm³/mol. The van der Waals surface area contributed by atoms with Gasteiger partial charge >= 0.3 is 0 Å². The van der Waals surface area contributed by atoms with Crippen LogP contribution in [0.15, 0.2) is 12.5 Å². The molecule has 1 unspecified atom stereocenters. The molecule has 1 rings (SSSR count). The third-order valence-electron chi connectivity index (χ3n) is 1.95. The Kier molecular flexibility index (Phi) is 5.60. The summed E-state index contributed by atoms with van der Waals surface area (Å²) in [5.74, 6) is 2.09. The van der Waals surface area contributed by atoms with Crippen LogP contribution in [0.4, 0.5) is 5.82 Å². The van der Waals surface area contributed by atoms with E-state index in [2.05, 4.69) is 51.7 Å². The van der Waals surface area contributed by atoms with Gasteiger partial charge in [-0.05, 0) is 34.9 Å². The van der Waals surface area contributed by atoms with Crippen LogP contribution in [0.3, 0.4) is 0 Å². The first-order chi connectivity index (χ1) is 7.13. The summed E-state index contributed by atoms with van der Waals surface area (Å²) in [6, 6.07) is 0.273. The SMILES string of the molecule is CC(C)CC(CCl)Nc1ncncc1I. The average molecular weight is 340 g/mol. The Bertz CT molecular complexity index is 306. The topological polar surface area (TPSA) is 37.8 Å². The highest BCUT2D eigenvalue weighted by atomic mass is 127. The molecule has 84 valence electrons. The molecule has 1 N–H and O–H groups in total. The van der Waals surface area contributed by atoms with E-state index in [1.807, 2.05) is 0 Å². The van der Waals surface area contributed by atoms with E-state index in [9.17, 15) is 0 Å². The largest absolute Gasteiger partial charge is 0.365 e. The summed E-state index contributed by atoms with van der Waals surface area (Å²) in [5, 5.41) is 3.34. The maximum Gasteiger partial charge on any atom is 0.143 e. The number of anilines is 1. The van der Waals surface area contributed by atoms with Gasteiger partial charge in [0.15, 0.2) is 0 Å². The van der Waals surface area contributed by atoms with Crippen LogP contribution in [0, 0.1) is 9.49 Å². The van der Waals surface area contributed by atoms with Crippen molar-refractivity contribution in [2.24, 2.45) is 5.92 Å². The van der Waals surface area contributed by atoms with Gasteiger partial charge in [-0.25, -0.2) is 9.97 Å². The molecule has 1 atom stereocenters. The molecule has 0 fully saturated rings. The Hall–Kier alpha value is -0.100. The highest BCUT2D eigenvalue weighted by Gasteiger charge is 2.11. The maximum atomic E-state index is 5.91. The normalized spacial score (nSPS) is 12.9. The van der Waals surface area contributed by atoms with Crippen LogP contribution in [0.2, 0.25) is 0 Å². The van der Waals surface area contributed by atoms with E-state index < -0.39 is 0 Å². The van der Waals surface area contributed by atoms with Gasteiger partial charge in [-0.2, -0.15) is 0 Å². The monoisotopic (exact) mass is 339 g/mol. The minimum Gasteiger partial charge on any atom is -0.365 e. The fourth-order valence-electron chi connectivity index (χ4n) is 1.34. The van der Waals surface area contributed by atoms with Gasteiger partial charge in [-0.1, -0.05) is 13.8 Å². The van der Waals surface area contributed by atoms with E-state index in [-0.39, 0.29) is 6.04 Å². The number of nitrogens with one attached hydrogen (secondary N) is 1. The molecule has 5 heteroatoms. The number of aromatic nitrogens is 2. The van der Waals surface area contributed by atoms with Crippen LogP contribution in [-0.4, -0.2) is 21.9 Å². The number of rotatable bonds is 5. The number of hydrogen-bond donors (Lipinski definition) is 1. The summed E-state index contributed by atoms with van der Waals surface area (Å²) >= 11 is 8.12. The van der Waals surface area contributed by atoms with Crippen LogP contribution < -0.4 is 5.32 Å². The molecule has 0 aliphatic heterocycles. The second kappa shape index (κ2) is 6.48. The third kappa shape index (κ3) is 4.51. The first-order valence-electron chi connectivity index (χ1n) is 4.91. The lowest BCUT2D eigenvalue weighted by Crippen LogP contribution is -2.24. The summed E-state index contributed by atoms with van der Waals surface area (Å²) in [4.78, 5) is 8.13. The van der Waals surface area contributed by atoms with Crippen molar-refractivity contribution >= 4 is 40.0 Å². The van der Waals surface area contributed by atoms with Crippen molar-refractivity contribution in [2.75, 3.05) is 11.2 Å². The first kappa shape index (κ1) is 13.0. The molecule has 1 heterocycles. The first-order valence-corrected chi connectivity index (χ1v) is 6.52. The predicted octanol–water partition coefficient (Wildman–Crippen LogP) is 3.15. The molecule has 0 bridgehead atoms. The molecule has 15 heavy (non-hydrogen) atoms. The Morgan fingerprint density at radius 2 is 2.27 bits per heavy atom. The smallest absolute Gasteiger partial charge is 0.143 e. The van der Waals surface area contributed by atoms with Gasteiger partial charge in [0.1, 0.15) is 12.1 Å². The van der Waals surface area contributed by atoms with E-state index in [0.717, 1.165) is 15.8 Å². The summed E-state index contributed by atoms with van der Waals surface area (Å²) in [7, 11) is 0. The van der Waals surface area contributed by atoms with Crippen molar-refractivity contribution in [1.29, 1.82) is 0 Å². The molecule has 0 aliphatic rings. The van der Waals surface area contributed by atoms with Crippen LogP contribution in [0.25, 0.3) is 0 Å². The molecular formula is C10H15ClIN3. The van der Waals surface area contributed by atoms with Gasteiger partial charge in [0.2, 0.25) is 0 Å². The highest BCUT2D eigenvalue weighted by molar-refractivity contribution is 14.1. The van der Waals surface area contributed by atoms with Crippen LogP contribution >= 0.6 is 34.2 Å². The van der Waals surface area contributed by atoms with Crippen molar-refractivity contribution in [3.05, 3.63) is 16.1 Å². The molecular weight excluding hydrogens is 324 g/mol. The Morgan fingerprint density at radius 1 is 1.53 bits per heavy atom. The van der Waals surface area contributed by atoms with Crippen molar-refractivity contribution in [2.45, 2.75) is 26.3 Å². The lowest BCUT2D eigenvalue weighted by atomic mass is 10.1. The Labute approximate surface area is 109 Å². The van der Waals surface area contributed by atoms with Gasteiger partial charge in [0.05, 0.1) is 3.57 Å². The second-order valence-electron chi connectivity index (χ2n) is 3.84. The van der Waals surface area contributed by atoms with Crippen molar-refractivity contribution < 1.29 is 0 Å². The fourth-order valence-corrected chi connectivity index (χ4v) is 2.00. The number of halogens is 2. The van der Waals surface area contributed by atoms with Crippen LogP contribution in [-0.2, 0) is 0 Å². The summed E-state index contributed by atoms with van der Waals surface area (Å²) in [6.07, 6.45) is 4.38. The summed E-state index contributed by atoms with van der Waals surface area (Å²) < 4.78 is 1.02. The quantitative estimate of drug-likeness (QED) is 0.661. The Morgan fingerprint density at radius 3 is 2.80 bits per heavy atom. The number of alkyl halides is 1. The third-order valence-corrected chi connectivity index (χ3v) is 3.11. The molecule has 0 spiro atoms. The second-order valence-corrected chi connectivity index (χ2v) is 5.32. The van der Waals surface area contributed by atoms with Crippen LogP contribution in [0.5, 0.6) is 0 Å². The van der Waals surface area contributed by atoms with Gasteiger partial charge in [-0.15, -0.1) is 11.6 Å². The van der Waals surface area contributed by atoms with Gasteiger partial charge in [0, 0.05) is 18.1 Å². The zero-order valence-electron chi connectivity index (χ0n) is 8.87. The van der Waals surface area contributed by atoms with E-state index in [4.69, 9.17) is 11.6 Å². The number of nitrogens with zero attached hydrogens (tertiary/aromatic N) is 2. The lowest BCUT2D eigenvalue weighted by Gasteiger charge is -2.19. The van der Waals surface area contributed by atoms with Crippen molar-refractivity contribution in [3.63, 3.8) is 0 Å². The average Bonchev–Trinajstić information content (AvgIpc) is 2.19. The van der Waals surface area contributed by atoms with Gasteiger partial charge in [-0.3, -0.25) is 0 Å². The minimum absolute atomic E-state index is 0.273. The molecule has 3 nitrogen and oxygen atoms in total. The molecule has 0 aromatic carbocycles. The molecule has 0 aliphatic carbocycles. The minimum atomic E-state index is 0.273. The summed E-state index contributed by atoms with van der Waals surface area (Å²) in [5.41, 5.74) is 0.